The van der Waals surface area contributed by atoms with Crippen LogP contribution in [0, 0.1) is 19.8 Å². The minimum Gasteiger partial charge on any atom is -0.397 e. The number of aryl methyl sites for hydroxylation is 2. The summed E-state index contributed by atoms with van der Waals surface area (Å²) in [6.45, 7) is 6.15. The zero-order valence-electron chi connectivity index (χ0n) is 12.7. The van der Waals surface area contributed by atoms with Crippen LogP contribution in [0.25, 0.3) is 10.2 Å². The van der Waals surface area contributed by atoms with Crippen molar-refractivity contribution in [2.75, 3.05) is 5.73 Å². The molecule has 1 fully saturated rings. The van der Waals surface area contributed by atoms with Crippen molar-refractivity contribution in [1.82, 2.24) is 10.3 Å². The highest BCUT2D eigenvalue weighted by Gasteiger charge is 2.37. The molecule has 2 heterocycles. The van der Waals surface area contributed by atoms with Crippen LogP contribution in [0.15, 0.2) is 6.07 Å². The average molecular weight is 303 g/mol. The van der Waals surface area contributed by atoms with E-state index in [1.165, 1.54) is 24.2 Å². The van der Waals surface area contributed by atoms with Gasteiger partial charge in [-0.3, -0.25) is 4.79 Å². The van der Waals surface area contributed by atoms with E-state index in [-0.39, 0.29) is 5.91 Å². The molecule has 1 saturated carbocycles. The number of hydrogen-bond acceptors (Lipinski definition) is 4. The standard InChI is InChI=1S/C16H21N3OS/c1-4-5-10-7-11(10)19-15(20)14-13(17)12-8(2)6-9(3)18-16(12)21-14/h6,10-11H,4-5,7,17H2,1-3H3,(H,19,20). The molecular weight excluding hydrogens is 282 g/mol. The second-order valence-corrected chi connectivity index (χ2v) is 6.97. The normalized spacial score (nSPS) is 20.7. The first-order valence-electron chi connectivity index (χ1n) is 7.48. The van der Waals surface area contributed by atoms with Crippen LogP contribution in [-0.4, -0.2) is 16.9 Å². The van der Waals surface area contributed by atoms with Crippen molar-refractivity contribution in [3.63, 3.8) is 0 Å². The highest BCUT2D eigenvalue weighted by Crippen LogP contribution is 2.37. The maximum absolute atomic E-state index is 12.4. The van der Waals surface area contributed by atoms with Crippen molar-refractivity contribution in [3.8, 4) is 0 Å². The first kappa shape index (κ1) is 14.3. The summed E-state index contributed by atoms with van der Waals surface area (Å²) in [5.74, 6) is 0.604. The lowest BCUT2D eigenvalue weighted by atomic mass is 10.1. The van der Waals surface area contributed by atoms with Gasteiger partial charge in [-0.15, -0.1) is 11.3 Å². The van der Waals surface area contributed by atoms with E-state index in [2.05, 4.69) is 17.2 Å². The number of carbonyl (C=O) groups is 1. The molecule has 3 rings (SSSR count). The topological polar surface area (TPSA) is 68.0 Å². The number of hydrogen-bond donors (Lipinski definition) is 2. The van der Waals surface area contributed by atoms with Gasteiger partial charge in [0.1, 0.15) is 9.71 Å². The van der Waals surface area contributed by atoms with Crippen LogP contribution >= 0.6 is 11.3 Å². The summed E-state index contributed by atoms with van der Waals surface area (Å²) >= 11 is 1.40. The third kappa shape index (κ3) is 2.62. The summed E-state index contributed by atoms with van der Waals surface area (Å²) in [5.41, 5.74) is 8.80. The monoisotopic (exact) mass is 303 g/mol. The van der Waals surface area contributed by atoms with Crippen molar-refractivity contribution >= 4 is 33.1 Å². The fourth-order valence-electron chi connectivity index (χ4n) is 2.99. The predicted molar refractivity (Wildman–Crippen MR) is 87.8 cm³/mol. The summed E-state index contributed by atoms with van der Waals surface area (Å²) in [6.07, 6.45) is 3.46. The number of anilines is 1. The zero-order chi connectivity index (χ0) is 15.1. The second-order valence-electron chi connectivity index (χ2n) is 5.97. The molecule has 1 amide bonds. The Balaban J connectivity index is 1.86. The molecule has 2 aromatic heterocycles. The molecule has 2 atom stereocenters. The van der Waals surface area contributed by atoms with Gasteiger partial charge in [0.2, 0.25) is 0 Å². The van der Waals surface area contributed by atoms with E-state index in [1.807, 2.05) is 19.9 Å². The van der Waals surface area contributed by atoms with E-state index in [4.69, 9.17) is 5.73 Å². The van der Waals surface area contributed by atoms with Crippen molar-refractivity contribution in [2.24, 2.45) is 5.92 Å². The van der Waals surface area contributed by atoms with E-state index >= 15 is 0 Å². The Labute approximate surface area is 128 Å². The summed E-state index contributed by atoms with van der Waals surface area (Å²) in [4.78, 5) is 18.4. The quantitative estimate of drug-likeness (QED) is 0.909. The van der Waals surface area contributed by atoms with Gasteiger partial charge in [-0.1, -0.05) is 13.3 Å². The van der Waals surface area contributed by atoms with Gasteiger partial charge >= 0.3 is 0 Å². The van der Waals surface area contributed by atoms with Crippen LogP contribution in [0.2, 0.25) is 0 Å². The number of aromatic nitrogens is 1. The van der Waals surface area contributed by atoms with Gasteiger partial charge in [0.15, 0.2) is 0 Å². The molecule has 0 bridgehead atoms. The SMILES string of the molecule is CCCC1CC1NC(=O)c1sc2nc(C)cc(C)c2c1N. The smallest absolute Gasteiger partial charge is 0.263 e. The minimum absolute atomic E-state index is 0.0452. The van der Waals surface area contributed by atoms with Gasteiger partial charge in [0.05, 0.1) is 5.69 Å². The Morgan fingerprint density at radius 1 is 1.52 bits per heavy atom. The minimum atomic E-state index is -0.0452. The first-order valence-corrected chi connectivity index (χ1v) is 8.30. The summed E-state index contributed by atoms with van der Waals surface area (Å²) < 4.78 is 0. The maximum atomic E-state index is 12.4. The number of pyridine rings is 1. The number of fused-ring (bicyclic) bond motifs is 1. The lowest BCUT2D eigenvalue weighted by Crippen LogP contribution is -2.26. The van der Waals surface area contributed by atoms with Crippen LogP contribution in [0.4, 0.5) is 5.69 Å². The van der Waals surface area contributed by atoms with E-state index in [0.717, 1.165) is 27.9 Å². The van der Waals surface area contributed by atoms with E-state index in [9.17, 15) is 4.79 Å². The van der Waals surface area contributed by atoms with Crippen LogP contribution in [-0.2, 0) is 0 Å². The third-order valence-corrected chi connectivity index (χ3v) is 5.23. The Morgan fingerprint density at radius 3 is 3.00 bits per heavy atom. The molecule has 0 aliphatic heterocycles. The van der Waals surface area contributed by atoms with Gasteiger partial charge in [0.25, 0.3) is 5.91 Å². The number of thiophene rings is 1. The molecule has 2 unspecified atom stereocenters. The van der Waals surface area contributed by atoms with Gasteiger partial charge < -0.3 is 11.1 Å². The molecule has 1 aliphatic rings. The van der Waals surface area contributed by atoms with Crippen LogP contribution in [0.1, 0.15) is 47.1 Å². The summed E-state index contributed by atoms with van der Waals surface area (Å²) in [7, 11) is 0. The van der Waals surface area contributed by atoms with Crippen LogP contribution in [0.5, 0.6) is 0 Å². The molecule has 21 heavy (non-hydrogen) atoms. The number of carbonyl (C=O) groups excluding carboxylic acids is 1. The first-order chi connectivity index (χ1) is 10.0. The van der Waals surface area contributed by atoms with E-state index in [1.54, 1.807) is 0 Å². The Kier molecular flexibility index (Phi) is 3.61. The van der Waals surface area contributed by atoms with E-state index in [0.29, 0.717) is 22.5 Å². The van der Waals surface area contributed by atoms with Crippen LogP contribution < -0.4 is 11.1 Å². The van der Waals surface area contributed by atoms with Crippen molar-refractivity contribution in [1.29, 1.82) is 0 Å². The zero-order valence-corrected chi connectivity index (χ0v) is 13.5. The van der Waals surface area contributed by atoms with Crippen molar-refractivity contribution in [2.45, 2.75) is 46.1 Å². The van der Waals surface area contributed by atoms with Gasteiger partial charge in [-0.25, -0.2) is 4.98 Å². The predicted octanol–water partition coefficient (Wildman–Crippen LogP) is 3.41. The van der Waals surface area contributed by atoms with Gasteiger partial charge in [-0.2, -0.15) is 0 Å². The fourth-order valence-corrected chi connectivity index (χ4v) is 4.11. The fraction of sp³-hybridized carbons (Fsp3) is 0.500. The number of nitrogens with zero attached hydrogens (tertiary/aromatic N) is 1. The molecule has 1 aliphatic carbocycles. The Hall–Kier alpha value is -1.62. The highest BCUT2D eigenvalue weighted by atomic mass is 32.1. The molecular formula is C16H21N3OS. The Morgan fingerprint density at radius 2 is 2.29 bits per heavy atom. The molecule has 0 saturated heterocycles. The number of nitrogen functional groups attached to an aromatic ring is 1. The number of amides is 1. The van der Waals surface area contributed by atoms with Crippen molar-refractivity contribution < 1.29 is 4.79 Å². The number of rotatable bonds is 4. The van der Waals surface area contributed by atoms with Gasteiger partial charge in [0, 0.05) is 17.1 Å². The summed E-state index contributed by atoms with van der Waals surface area (Å²) in [6, 6.07) is 2.34. The summed E-state index contributed by atoms with van der Waals surface area (Å²) in [5, 5.41) is 4.03. The highest BCUT2D eigenvalue weighted by molar-refractivity contribution is 7.21. The Bertz CT molecular complexity index is 707. The average Bonchev–Trinajstić information content (AvgIpc) is 3.03. The van der Waals surface area contributed by atoms with Gasteiger partial charge in [-0.05, 0) is 44.2 Å². The molecule has 3 N–H and O–H groups in total. The lowest BCUT2D eigenvalue weighted by Gasteiger charge is -2.03. The largest absolute Gasteiger partial charge is 0.397 e. The third-order valence-electron chi connectivity index (χ3n) is 4.13. The molecule has 2 aromatic rings. The molecule has 0 spiro atoms. The van der Waals surface area contributed by atoms with E-state index < -0.39 is 0 Å². The molecule has 112 valence electrons. The van der Waals surface area contributed by atoms with Crippen molar-refractivity contribution in [3.05, 3.63) is 22.2 Å². The second kappa shape index (κ2) is 5.30. The lowest BCUT2D eigenvalue weighted by molar-refractivity contribution is 0.0953. The maximum Gasteiger partial charge on any atom is 0.263 e. The molecule has 5 heteroatoms. The number of nitrogens with one attached hydrogen (secondary N) is 1. The molecule has 4 nitrogen and oxygen atoms in total. The molecule has 0 aromatic carbocycles. The van der Waals surface area contributed by atoms with Crippen LogP contribution in [0.3, 0.4) is 0 Å². The number of nitrogens with two attached hydrogens (primary N) is 1. The molecule has 0 radical (unpaired) electrons.